The summed E-state index contributed by atoms with van der Waals surface area (Å²) in [5.41, 5.74) is 5.93. The summed E-state index contributed by atoms with van der Waals surface area (Å²) in [6.07, 6.45) is 0. The number of nitrogens with zero attached hydrogens (tertiary/aromatic N) is 1. The third kappa shape index (κ3) is 2.22. The molecule has 2 N–H and O–H groups in total. The van der Waals surface area contributed by atoms with Gasteiger partial charge < -0.3 is 5.73 Å². The van der Waals surface area contributed by atoms with Gasteiger partial charge in [-0.05, 0) is 28.8 Å². The van der Waals surface area contributed by atoms with Crippen LogP contribution in [0.3, 0.4) is 0 Å². The molecule has 1 fully saturated rings. The van der Waals surface area contributed by atoms with Gasteiger partial charge in [-0.2, -0.15) is 4.31 Å². The van der Waals surface area contributed by atoms with Gasteiger partial charge in [0.05, 0.1) is 4.90 Å². The summed E-state index contributed by atoms with van der Waals surface area (Å²) < 4.78 is 26.8. The Morgan fingerprint density at radius 1 is 1.10 bits per heavy atom. The summed E-state index contributed by atoms with van der Waals surface area (Å²) >= 11 is 0. The summed E-state index contributed by atoms with van der Waals surface area (Å²) in [6, 6.07) is 12.9. The van der Waals surface area contributed by atoms with E-state index >= 15 is 0 Å². The quantitative estimate of drug-likeness (QED) is 0.917. The van der Waals surface area contributed by atoms with Crippen LogP contribution in [0.1, 0.15) is 6.92 Å². The second kappa shape index (κ2) is 4.84. The minimum absolute atomic E-state index is 0.0785. The number of hydrogen-bond acceptors (Lipinski definition) is 3. The van der Waals surface area contributed by atoms with Crippen LogP contribution in [0.4, 0.5) is 0 Å². The molecule has 1 heterocycles. The van der Waals surface area contributed by atoms with Crippen molar-refractivity contribution >= 4 is 20.8 Å². The zero-order valence-electron chi connectivity index (χ0n) is 11.4. The van der Waals surface area contributed by atoms with E-state index in [1.807, 2.05) is 37.3 Å². The second-order valence-electron chi connectivity index (χ2n) is 5.47. The summed E-state index contributed by atoms with van der Waals surface area (Å²) in [7, 11) is -3.44. The van der Waals surface area contributed by atoms with Crippen molar-refractivity contribution in [2.24, 2.45) is 11.7 Å². The van der Waals surface area contributed by atoms with E-state index in [0.717, 1.165) is 10.8 Å². The first kappa shape index (κ1) is 13.5. The summed E-state index contributed by atoms with van der Waals surface area (Å²) in [6.45, 7) is 2.88. The normalized spacial score (nSPS) is 24.3. The number of benzene rings is 2. The third-order valence-corrected chi connectivity index (χ3v) is 5.82. The predicted octanol–water partition coefficient (Wildman–Crippen LogP) is 1.81. The summed E-state index contributed by atoms with van der Waals surface area (Å²) in [4.78, 5) is 0.345. The highest BCUT2D eigenvalue weighted by Crippen LogP contribution is 2.26. The summed E-state index contributed by atoms with van der Waals surface area (Å²) in [5.74, 6) is 0.199. The molecule has 0 radical (unpaired) electrons. The number of nitrogens with two attached hydrogens (primary N) is 1. The van der Waals surface area contributed by atoms with Crippen molar-refractivity contribution in [3.05, 3.63) is 42.5 Å². The van der Waals surface area contributed by atoms with E-state index < -0.39 is 10.0 Å². The van der Waals surface area contributed by atoms with Gasteiger partial charge >= 0.3 is 0 Å². The van der Waals surface area contributed by atoms with Gasteiger partial charge in [-0.1, -0.05) is 37.3 Å². The van der Waals surface area contributed by atoms with Gasteiger partial charge in [0.25, 0.3) is 0 Å². The van der Waals surface area contributed by atoms with Crippen molar-refractivity contribution in [1.29, 1.82) is 0 Å². The van der Waals surface area contributed by atoms with E-state index in [-0.39, 0.29) is 12.0 Å². The molecule has 0 bridgehead atoms. The fourth-order valence-corrected chi connectivity index (χ4v) is 4.23. The van der Waals surface area contributed by atoms with Gasteiger partial charge in [0.15, 0.2) is 0 Å². The molecular formula is C15H18N2O2S. The van der Waals surface area contributed by atoms with Crippen LogP contribution in [0.5, 0.6) is 0 Å². The van der Waals surface area contributed by atoms with Crippen LogP contribution in [0, 0.1) is 5.92 Å². The minimum atomic E-state index is -3.44. The van der Waals surface area contributed by atoms with Crippen molar-refractivity contribution in [3.8, 4) is 0 Å². The average Bonchev–Trinajstić information content (AvgIpc) is 2.79. The zero-order chi connectivity index (χ0) is 14.3. The van der Waals surface area contributed by atoms with E-state index in [4.69, 9.17) is 5.73 Å². The average molecular weight is 290 g/mol. The van der Waals surface area contributed by atoms with Crippen molar-refractivity contribution in [1.82, 2.24) is 4.31 Å². The standard InChI is InChI=1S/C15H18N2O2S/c1-11-9-17(10-15(11)16)20(18,19)14-7-6-12-4-2-3-5-13(12)8-14/h2-8,11,15H,9-10,16H2,1H3. The van der Waals surface area contributed by atoms with Gasteiger partial charge in [-0.3, -0.25) is 0 Å². The van der Waals surface area contributed by atoms with Crippen molar-refractivity contribution in [2.45, 2.75) is 17.9 Å². The van der Waals surface area contributed by atoms with E-state index in [1.165, 1.54) is 4.31 Å². The number of fused-ring (bicyclic) bond motifs is 1. The first-order valence-corrected chi connectivity index (χ1v) is 8.17. The molecule has 0 spiro atoms. The molecule has 4 nitrogen and oxygen atoms in total. The molecule has 0 aromatic heterocycles. The molecule has 3 rings (SSSR count). The van der Waals surface area contributed by atoms with Crippen LogP contribution in [0.25, 0.3) is 10.8 Å². The van der Waals surface area contributed by atoms with Crippen molar-refractivity contribution < 1.29 is 8.42 Å². The molecule has 1 aliphatic rings. The Labute approximate surface area is 119 Å². The van der Waals surface area contributed by atoms with Crippen LogP contribution in [0.15, 0.2) is 47.4 Å². The fraction of sp³-hybridized carbons (Fsp3) is 0.333. The van der Waals surface area contributed by atoms with Crippen LogP contribution in [0.2, 0.25) is 0 Å². The molecular weight excluding hydrogens is 272 g/mol. The SMILES string of the molecule is CC1CN(S(=O)(=O)c2ccc3ccccc3c2)CC1N. The number of rotatable bonds is 2. The Hall–Kier alpha value is -1.43. The Kier molecular flexibility index (Phi) is 3.28. The predicted molar refractivity (Wildman–Crippen MR) is 79.8 cm³/mol. The topological polar surface area (TPSA) is 63.4 Å². The molecule has 0 saturated carbocycles. The molecule has 1 saturated heterocycles. The van der Waals surface area contributed by atoms with Crippen LogP contribution in [-0.2, 0) is 10.0 Å². The van der Waals surface area contributed by atoms with E-state index in [1.54, 1.807) is 12.1 Å². The maximum absolute atomic E-state index is 12.6. The van der Waals surface area contributed by atoms with Crippen molar-refractivity contribution in [2.75, 3.05) is 13.1 Å². The molecule has 0 aliphatic carbocycles. The number of sulfonamides is 1. The smallest absolute Gasteiger partial charge is 0.243 e. The molecule has 5 heteroatoms. The first-order chi connectivity index (χ1) is 9.48. The highest BCUT2D eigenvalue weighted by atomic mass is 32.2. The Morgan fingerprint density at radius 3 is 2.45 bits per heavy atom. The number of hydrogen-bond donors (Lipinski definition) is 1. The molecule has 106 valence electrons. The monoisotopic (exact) mass is 290 g/mol. The maximum atomic E-state index is 12.6. The maximum Gasteiger partial charge on any atom is 0.243 e. The zero-order valence-corrected chi connectivity index (χ0v) is 12.2. The lowest BCUT2D eigenvalue weighted by Gasteiger charge is -2.16. The van der Waals surface area contributed by atoms with Crippen molar-refractivity contribution in [3.63, 3.8) is 0 Å². The minimum Gasteiger partial charge on any atom is -0.326 e. The van der Waals surface area contributed by atoms with Gasteiger partial charge in [0, 0.05) is 19.1 Å². The molecule has 1 aliphatic heterocycles. The van der Waals surface area contributed by atoms with Gasteiger partial charge in [-0.15, -0.1) is 0 Å². The molecule has 20 heavy (non-hydrogen) atoms. The Balaban J connectivity index is 2.01. The molecule has 2 atom stereocenters. The lowest BCUT2D eigenvalue weighted by Crippen LogP contribution is -2.32. The lowest BCUT2D eigenvalue weighted by atomic mass is 10.1. The second-order valence-corrected chi connectivity index (χ2v) is 7.41. The van der Waals surface area contributed by atoms with Gasteiger partial charge in [0.2, 0.25) is 10.0 Å². The highest BCUT2D eigenvalue weighted by molar-refractivity contribution is 7.89. The van der Waals surface area contributed by atoms with E-state index in [9.17, 15) is 8.42 Å². The molecule has 2 aromatic rings. The van der Waals surface area contributed by atoms with E-state index in [0.29, 0.717) is 18.0 Å². The van der Waals surface area contributed by atoms with Crippen LogP contribution < -0.4 is 5.73 Å². The Bertz CT molecular complexity index is 732. The Morgan fingerprint density at radius 2 is 1.80 bits per heavy atom. The largest absolute Gasteiger partial charge is 0.326 e. The third-order valence-electron chi connectivity index (χ3n) is 4.00. The molecule has 0 amide bonds. The first-order valence-electron chi connectivity index (χ1n) is 6.73. The van der Waals surface area contributed by atoms with E-state index in [2.05, 4.69) is 0 Å². The fourth-order valence-electron chi connectivity index (χ4n) is 2.62. The van der Waals surface area contributed by atoms with Crippen LogP contribution in [-0.4, -0.2) is 31.9 Å². The molecule has 2 unspecified atom stereocenters. The van der Waals surface area contributed by atoms with Gasteiger partial charge in [0.1, 0.15) is 0 Å². The molecule has 2 aromatic carbocycles. The summed E-state index contributed by atoms with van der Waals surface area (Å²) in [5, 5.41) is 1.98. The van der Waals surface area contributed by atoms with Crippen LogP contribution >= 0.6 is 0 Å². The van der Waals surface area contributed by atoms with Gasteiger partial charge in [-0.25, -0.2) is 8.42 Å². The highest BCUT2D eigenvalue weighted by Gasteiger charge is 2.35. The lowest BCUT2D eigenvalue weighted by molar-refractivity contribution is 0.464.